The van der Waals surface area contributed by atoms with Gasteiger partial charge in [0.2, 0.25) is 0 Å². The molecule has 0 radical (unpaired) electrons. The Labute approximate surface area is 116 Å². The van der Waals surface area contributed by atoms with Crippen molar-refractivity contribution in [1.29, 1.82) is 0 Å². The number of anilines is 1. The minimum absolute atomic E-state index is 0.149. The minimum Gasteiger partial charge on any atom is -0.334 e. The number of aromatic amines is 1. The Morgan fingerprint density at radius 2 is 1.95 bits per heavy atom. The highest BCUT2D eigenvalue weighted by molar-refractivity contribution is 8.00. The summed E-state index contributed by atoms with van der Waals surface area (Å²) in [4.78, 5) is 5.69. The number of nitrogens with one attached hydrogen (secondary N) is 2. The van der Waals surface area contributed by atoms with E-state index in [2.05, 4.69) is 14.7 Å². The van der Waals surface area contributed by atoms with Crippen LogP contribution in [0.4, 0.5) is 18.9 Å². The molecule has 10 heteroatoms. The van der Waals surface area contributed by atoms with E-state index in [1.54, 1.807) is 0 Å². The molecule has 0 atom stereocenters. The van der Waals surface area contributed by atoms with E-state index in [9.17, 15) is 21.6 Å². The second-order valence-corrected chi connectivity index (χ2v) is 6.32. The zero-order chi connectivity index (χ0) is 14.8. The Morgan fingerprint density at radius 1 is 1.25 bits per heavy atom. The Bertz CT molecular complexity index is 684. The number of alkyl halides is 3. The van der Waals surface area contributed by atoms with Crippen molar-refractivity contribution < 1.29 is 21.6 Å². The molecule has 0 aliphatic rings. The molecule has 0 saturated carbocycles. The number of halogens is 3. The molecule has 0 aliphatic heterocycles. The first-order chi connectivity index (χ1) is 9.28. The predicted molar refractivity (Wildman–Crippen MR) is 67.8 cm³/mol. The maximum Gasteiger partial charge on any atom is 0.446 e. The summed E-state index contributed by atoms with van der Waals surface area (Å²) in [5, 5.41) is -0.232. The van der Waals surface area contributed by atoms with Crippen molar-refractivity contribution in [2.75, 3.05) is 4.72 Å². The molecule has 108 valence electrons. The average molecular weight is 323 g/mol. The number of aromatic nitrogens is 2. The number of hydrogen-bond donors (Lipinski definition) is 2. The Morgan fingerprint density at radius 3 is 2.55 bits per heavy atom. The van der Waals surface area contributed by atoms with E-state index in [1.165, 1.54) is 24.3 Å². The lowest BCUT2D eigenvalue weighted by Crippen LogP contribution is -2.14. The first kappa shape index (κ1) is 14.7. The molecule has 2 rings (SSSR count). The van der Waals surface area contributed by atoms with Crippen molar-refractivity contribution in [1.82, 2.24) is 9.97 Å². The number of sulfonamides is 1. The number of para-hydroxylation sites is 1. The van der Waals surface area contributed by atoms with Gasteiger partial charge < -0.3 is 4.98 Å². The van der Waals surface area contributed by atoms with E-state index in [0.29, 0.717) is 0 Å². The van der Waals surface area contributed by atoms with Crippen molar-refractivity contribution in [3.63, 3.8) is 0 Å². The Hall–Kier alpha value is -1.68. The summed E-state index contributed by atoms with van der Waals surface area (Å²) >= 11 is -0.387. The van der Waals surface area contributed by atoms with E-state index in [-0.39, 0.29) is 27.4 Å². The molecule has 0 unspecified atom stereocenters. The van der Waals surface area contributed by atoms with Gasteiger partial charge in [0, 0.05) is 4.90 Å². The number of benzene rings is 1. The van der Waals surface area contributed by atoms with Gasteiger partial charge in [0.1, 0.15) is 0 Å². The fourth-order valence-electron chi connectivity index (χ4n) is 1.35. The van der Waals surface area contributed by atoms with Gasteiger partial charge >= 0.3 is 5.51 Å². The highest BCUT2D eigenvalue weighted by atomic mass is 32.2. The zero-order valence-corrected chi connectivity index (χ0v) is 11.3. The topological polar surface area (TPSA) is 74.8 Å². The number of imidazole rings is 1. The van der Waals surface area contributed by atoms with Crippen LogP contribution >= 0.6 is 11.8 Å². The van der Waals surface area contributed by atoms with Gasteiger partial charge in [0.05, 0.1) is 18.2 Å². The van der Waals surface area contributed by atoms with Gasteiger partial charge in [-0.1, -0.05) is 12.1 Å². The van der Waals surface area contributed by atoms with Crippen molar-refractivity contribution in [3.05, 3.63) is 36.8 Å². The molecule has 0 saturated heterocycles. The summed E-state index contributed by atoms with van der Waals surface area (Å²) in [5.74, 6) is 0. The van der Waals surface area contributed by atoms with Gasteiger partial charge in [0.25, 0.3) is 10.0 Å². The molecule has 2 N–H and O–H groups in total. The van der Waals surface area contributed by atoms with E-state index < -0.39 is 15.5 Å². The normalized spacial score (nSPS) is 12.3. The molecule has 0 spiro atoms. The van der Waals surface area contributed by atoms with E-state index >= 15 is 0 Å². The van der Waals surface area contributed by atoms with E-state index in [0.717, 1.165) is 12.5 Å². The summed E-state index contributed by atoms with van der Waals surface area (Å²) < 4.78 is 63.1. The molecular formula is C10H8F3N3O2S2. The quantitative estimate of drug-likeness (QED) is 0.849. The van der Waals surface area contributed by atoms with Crippen LogP contribution in [0.1, 0.15) is 0 Å². The molecule has 0 bridgehead atoms. The number of rotatable bonds is 4. The van der Waals surface area contributed by atoms with Gasteiger partial charge in [-0.25, -0.2) is 4.98 Å². The van der Waals surface area contributed by atoms with Crippen LogP contribution in [0.3, 0.4) is 0 Å². The second kappa shape index (κ2) is 5.37. The van der Waals surface area contributed by atoms with Crippen LogP contribution < -0.4 is 4.72 Å². The molecule has 0 fully saturated rings. The summed E-state index contributed by atoms with van der Waals surface area (Å²) in [6.07, 6.45) is 2.22. The third kappa shape index (κ3) is 3.67. The zero-order valence-electron chi connectivity index (χ0n) is 9.68. The van der Waals surface area contributed by atoms with Crippen LogP contribution in [0.5, 0.6) is 0 Å². The predicted octanol–water partition coefficient (Wildman–Crippen LogP) is 2.82. The molecular weight excluding hydrogens is 315 g/mol. The SMILES string of the molecule is O=S(=O)(Nc1ccccc1SC(F)(F)F)c1cnc[nH]1. The average Bonchev–Trinajstić information content (AvgIpc) is 2.83. The highest BCUT2D eigenvalue weighted by Gasteiger charge is 2.31. The first-order valence-corrected chi connectivity index (χ1v) is 7.44. The smallest absolute Gasteiger partial charge is 0.334 e. The highest BCUT2D eigenvalue weighted by Crippen LogP contribution is 2.40. The first-order valence-electron chi connectivity index (χ1n) is 5.14. The number of H-pyrrole nitrogens is 1. The summed E-state index contributed by atoms with van der Waals surface area (Å²) in [6, 6.07) is 5.26. The lowest BCUT2D eigenvalue weighted by atomic mass is 10.3. The van der Waals surface area contributed by atoms with Gasteiger partial charge in [-0.15, -0.1) is 0 Å². The standard InChI is InChI=1S/C10H8F3N3O2S2/c11-10(12,13)19-8-4-2-1-3-7(8)16-20(17,18)9-5-14-6-15-9/h1-6,16H,(H,14,15). The molecule has 0 aliphatic carbocycles. The lowest BCUT2D eigenvalue weighted by molar-refractivity contribution is -0.0327. The van der Waals surface area contributed by atoms with Crippen molar-refractivity contribution in [2.24, 2.45) is 0 Å². The number of thioether (sulfide) groups is 1. The fourth-order valence-corrected chi connectivity index (χ4v) is 3.03. The van der Waals surface area contributed by atoms with Crippen LogP contribution in [0.15, 0.2) is 46.7 Å². The molecule has 1 heterocycles. The van der Waals surface area contributed by atoms with Crippen LogP contribution in [0.25, 0.3) is 0 Å². The van der Waals surface area contributed by atoms with Crippen LogP contribution in [-0.4, -0.2) is 23.9 Å². The molecule has 20 heavy (non-hydrogen) atoms. The monoisotopic (exact) mass is 323 g/mol. The van der Waals surface area contributed by atoms with E-state index in [4.69, 9.17) is 0 Å². The number of hydrogen-bond acceptors (Lipinski definition) is 4. The summed E-state index contributed by atoms with van der Waals surface area (Å²) in [7, 11) is -4.00. The Balaban J connectivity index is 2.31. The molecule has 0 amide bonds. The van der Waals surface area contributed by atoms with Crippen molar-refractivity contribution >= 4 is 27.5 Å². The van der Waals surface area contributed by atoms with Crippen molar-refractivity contribution in [2.45, 2.75) is 15.4 Å². The van der Waals surface area contributed by atoms with Crippen LogP contribution in [0, 0.1) is 0 Å². The van der Waals surface area contributed by atoms with Crippen LogP contribution in [0.2, 0.25) is 0 Å². The number of nitrogens with zero attached hydrogens (tertiary/aromatic N) is 1. The molecule has 5 nitrogen and oxygen atoms in total. The third-order valence-electron chi connectivity index (χ3n) is 2.12. The van der Waals surface area contributed by atoms with Gasteiger partial charge in [-0.3, -0.25) is 4.72 Å². The van der Waals surface area contributed by atoms with E-state index in [1.807, 2.05) is 0 Å². The summed E-state index contributed by atoms with van der Waals surface area (Å²) in [5.41, 5.74) is -4.65. The van der Waals surface area contributed by atoms with Gasteiger partial charge in [-0.05, 0) is 23.9 Å². The second-order valence-electron chi connectivity index (χ2n) is 3.57. The third-order valence-corrected chi connectivity index (χ3v) is 4.22. The lowest BCUT2D eigenvalue weighted by Gasteiger charge is -2.12. The van der Waals surface area contributed by atoms with Gasteiger partial charge in [0.15, 0.2) is 5.03 Å². The minimum atomic E-state index is -4.50. The molecule has 1 aromatic heterocycles. The Kier molecular flexibility index (Phi) is 3.95. The van der Waals surface area contributed by atoms with Crippen LogP contribution in [-0.2, 0) is 10.0 Å². The maximum atomic E-state index is 12.4. The van der Waals surface area contributed by atoms with Gasteiger partial charge in [-0.2, -0.15) is 21.6 Å². The largest absolute Gasteiger partial charge is 0.446 e. The van der Waals surface area contributed by atoms with Crippen molar-refractivity contribution in [3.8, 4) is 0 Å². The summed E-state index contributed by atoms with van der Waals surface area (Å²) in [6.45, 7) is 0. The fraction of sp³-hybridized carbons (Fsp3) is 0.100. The maximum absolute atomic E-state index is 12.4. The molecule has 1 aromatic carbocycles. The molecule has 2 aromatic rings.